The van der Waals surface area contributed by atoms with E-state index in [0.717, 1.165) is 23.8 Å². The van der Waals surface area contributed by atoms with Crippen molar-refractivity contribution in [3.05, 3.63) is 98.8 Å². The molecular weight excluding hydrogens is 783 g/mol. The first-order chi connectivity index (χ1) is 18.5. The number of hydrogen-bond donors (Lipinski definition) is 1. The van der Waals surface area contributed by atoms with E-state index in [0.29, 0.717) is 0 Å². The summed E-state index contributed by atoms with van der Waals surface area (Å²) in [6.07, 6.45) is 3.28. The maximum atomic E-state index is 9.38. The van der Waals surface area contributed by atoms with Gasteiger partial charge in [-0.05, 0) is 60.2 Å². The van der Waals surface area contributed by atoms with Gasteiger partial charge in [0.05, 0.1) is 11.2 Å². The molecule has 0 bridgehead atoms. The quantitative estimate of drug-likeness (QED) is 0.164. The van der Waals surface area contributed by atoms with E-state index < -0.39 is 0 Å². The van der Waals surface area contributed by atoms with Crippen LogP contribution in [0.15, 0.2) is 84.9 Å². The summed E-state index contributed by atoms with van der Waals surface area (Å²) in [6.45, 7) is 20.9. The van der Waals surface area contributed by atoms with Crippen molar-refractivity contribution in [3.63, 3.8) is 0 Å². The van der Waals surface area contributed by atoms with Crippen LogP contribution in [0.25, 0.3) is 21.5 Å². The van der Waals surface area contributed by atoms with Gasteiger partial charge in [-0.1, -0.05) is 246 Å². The van der Waals surface area contributed by atoms with E-state index in [9.17, 15) is 5.02 Å². The van der Waals surface area contributed by atoms with Crippen LogP contribution in [0.5, 0.6) is 0 Å². The van der Waals surface area contributed by atoms with Crippen LogP contribution >= 0.6 is 0 Å². The van der Waals surface area contributed by atoms with Crippen molar-refractivity contribution in [3.8, 4) is 0 Å². The largest absolute Gasteiger partial charge is 0.494 e. The molecule has 0 spiro atoms. The zero-order valence-corrected chi connectivity index (χ0v) is 28.5. The average Bonchev–Trinajstić information content (AvgIpc) is 3.15. The van der Waals surface area contributed by atoms with Crippen molar-refractivity contribution in [1.29, 1.82) is 0 Å². The molecule has 58 heavy (non-hydrogen) atoms. The fourth-order valence-electron chi connectivity index (χ4n) is 3.80. The predicted molar refractivity (Wildman–Crippen MR) is 294 cm³/mol. The topological polar surface area (TPSA) is 38.7 Å². The molecule has 0 saturated carbocycles. The molecule has 4 aromatic carbocycles. The maximum absolute atomic E-state index is 9.38. The molecule has 0 aliphatic carbocycles. The van der Waals surface area contributed by atoms with Crippen LogP contribution in [0.4, 0.5) is 0 Å². The second kappa shape index (κ2) is 57.6. The van der Waals surface area contributed by atoms with Gasteiger partial charge < -0.3 is 28.2 Å². The second-order valence-electron chi connectivity index (χ2n) is 10.8. The fraction of sp³-hybridized carbons (Fsp3) is 0.577. The third-order valence-corrected chi connectivity index (χ3v) is 6.91. The molecular formula is C52H118B2O3Y-2. The normalized spacial score (nSPS) is 10.0. The Balaban J connectivity index is -0.0000000235. The van der Waals surface area contributed by atoms with Gasteiger partial charge in [0.2, 0.25) is 0 Å². The molecule has 0 amide bonds. The van der Waals surface area contributed by atoms with Crippen molar-refractivity contribution >= 4 is 46.5 Å². The van der Waals surface area contributed by atoms with E-state index in [1.54, 1.807) is 6.82 Å². The minimum atomic E-state index is -0.385. The summed E-state index contributed by atoms with van der Waals surface area (Å²) in [7, 11) is -0.283. The molecule has 0 unspecified atom stereocenters. The van der Waals surface area contributed by atoms with E-state index in [1.807, 2.05) is 37.3 Å². The number of fused-ring (bicyclic) bond motifs is 2. The van der Waals surface area contributed by atoms with Gasteiger partial charge in [-0.3, -0.25) is 0 Å². The first-order valence-corrected chi connectivity index (χ1v) is 14.1. The SMILES string of the molecule is C.C.C.C.C.C.C.C.C.C.C.C.C.C.C.C.C.C.CB(O)c1ccc2ccccc2c1.CC1(C)OB(c2ccc3ccccc3c2)OC1(C)C.[CH2-]CC.[CH2-]CCC.[Y]. The van der Waals surface area contributed by atoms with Crippen LogP contribution in [0.3, 0.4) is 0 Å². The average molecular weight is 902 g/mol. The molecule has 1 saturated heterocycles. The molecule has 1 N–H and O–H groups in total. The van der Waals surface area contributed by atoms with Crippen LogP contribution in [-0.2, 0) is 42.0 Å². The second-order valence-corrected chi connectivity index (χ2v) is 10.8. The van der Waals surface area contributed by atoms with E-state index in [1.165, 1.54) is 28.0 Å². The molecule has 1 radical (unpaired) electrons. The minimum absolute atomic E-state index is 0. The monoisotopic (exact) mass is 902 g/mol. The number of hydrogen-bond acceptors (Lipinski definition) is 3. The number of unbranched alkanes of at least 4 members (excludes halogenated alkanes) is 1. The third kappa shape index (κ3) is 35.3. The van der Waals surface area contributed by atoms with Crippen molar-refractivity contribution in [2.75, 3.05) is 0 Å². The Morgan fingerprint density at radius 2 is 0.793 bits per heavy atom. The summed E-state index contributed by atoms with van der Waals surface area (Å²) in [5.41, 5.74) is 1.48. The van der Waals surface area contributed by atoms with Crippen molar-refractivity contribution in [2.45, 2.75) is 213 Å². The third-order valence-electron chi connectivity index (χ3n) is 6.91. The Morgan fingerprint density at radius 3 is 1.09 bits per heavy atom. The van der Waals surface area contributed by atoms with Crippen LogP contribution in [0.2, 0.25) is 6.82 Å². The molecule has 1 heterocycles. The predicted octanol–water partition coefficient (Wildman–Crippen LogP) is 19.1. The van der Waals surface area contributed by atoms with Crippen LogP contribution in [-0.4, -0.2) is 30.3 Å². The number of rotatable bonds is 3. The van der Waals surface area contributed by atoms with Crippen LogP contribution in [0.1, 0.15) is 194 Å². The Kier molecular flexibility index (Phi) is 117. The van der Waals surface area contributed by atoms with Crippen LogP contribution < -0.4 is 10.9 Å². The van der Waals surface area contributed by atoms with Crippen molar-refractivity contribution in [1.82, 2.24) is 0 Å². The van der Waals surface area contributed by atoms with Crippen LogP contribution in [0, 0.1) is 13.8 Å². The Bertz CT molecular complexity index is 1280. The molecule has 1 fully saturated rings. The molecule has 3 nitrogen and oxygen atoms in total. The number of benzene rings is 4. The van der Waals surface area contributed by atoms with Gasteiger partial charge >= 0.3 is 14.0 Å². The van der Waals surface area contributed by atoms with Gasteiger partial charge in [0.25, 0.3) is 0 Å². The summed E-state index contributed by atoms with van der Waals surface area (Å²) in [4.78, 5) is 0. The smallest absolute Gasteiger partial charge is 0.447 e. The van der Waals surface area contributed by atoms with E-state index >= 15 is 0 Å². The maximum Gasteiger partial charge on any atom is 0.494 e. The molecule has 0 atom stereocenters. The van der Waals surface area contributed by atoms with E-state index in [2.05, 4.69) is 103 Å². The van der Waals surface area contributed by atoms with E-state index in [4.69, 9.17) is 9.31 Å². The standard InChI is InChI=1S/C16H19BO2.C11H11BO.C4H9.C3H7.18CH4.Y/c1-15(2)16(3,4)19-17(18-15)14-10-9-12-7-5-6-8-13(12)11-14;1-12(13)11-7-6-9-4-2-3-5-10(9)8-11;1-3-4-2;1-3-2;;;;;;;;;;;;;;;;;;;/h5-11H,1-4H3;2-8,13H,1H3;1,3-4H2,2H3;1,3H2,2H3;18*1H4;/q;;2*-1;;;;;;;;;;;;;;;;;;;. The summed E-state index contributed by atoms with van der Waals surface area (Å²) < 4.78 is 12.2. The first-order valence-electron chi connectivity index (χ1n) is 14.1. The molecule has 1 aliphatic heterocycles. The molecule has 6 heteroatoms. The molecule has 0 aromatic heterocycles. The summed E-state index contributed by atoms with van der Waals surface area (Å²) in [6, 6.07) is 28.9. The van der Waals surface area contributed by atoms with Gasteiger partial charge in [-0.15, -0.1) is 0 Å². The molecule has 5 rings (SSSR count). The summed E-state index contributed by atoms with van der Waals surface area (Å²) >= 11 is 0. The van der Waals surface area contributed by atoms with Crippen molar-refractivity contribution < 1.29 is 47.0 Å². The first kappa shape index (κ1) is 117. The van der Waals surface area contributed by atoms with E-state index in [-0.39, 0.29) is 192 Å². The molecule has 4 aromatic rings. The Morgan fingerprint density at radius 1 is 0.517 bits per heavy atom. The van der Waals surface area contributed by atoms with Gasteiger partial charge in [-0.2, -0.15) is 12.8 Å². The van der Waals surface area contributed by atoms with Gasteiger partial charge in [0.1, 0.15) is 0 Å². The fourth-order valence-corrected chi connectivity index (χ4v) is 3.80. The molecule has 355 valence electrons. The minimum Gasteiger partial charge on any atom is -0.447 e. The summed E-state index contributed by atoms with van der Waals surface area (Å²) in [5.74, 6) is 0. The van der Waals surface area contributed by atoms with Crippen molar-refractivity contribution in [2.24, 2.45) is 0 Å². The zero-order valence-electron chi connectivity index (χ0n) is 25.6. The summed E-state index contributed by atoms with van der Waals surface area (Å²) in [5, 5.41) is 14.2. The molecule has 1 aliphatic rings. The Labute approximate surface area is 402 Å². The Hall–Kier alpha value is -1.49. The van der Waals surface area contributed by atoms with Gasteiger partial charge in [0.15, 0.2) is 0 Å². The van der Waals surface area contributed by atoms with Gasteiger partial charge in [-0.25, -0.2) is 0 Å². The van der Waals surface area contributed by atoms with Gasteiger partial charge in [0, 0.05) is 32.7 Å². The zero-order chi connectivity index (χ0) is 29.1.